The number of likely N-dealkylation sites (N-methyl/N-ethyl adjacent to an activating group) is 1. The Morgan fingerprint density at radius 2 is 2.36 bits per heavy atom. The molecule has 1 amide bonds. The Balaban J connectivity index is 1.72. The lowest BCUT2D eigenvalue weighted by atomic mass is 10.2. The molecule has 0 bridgehead atoms. The van der Waals surface area contributed by atoms with Crippen LogP contribution in [0, 0.1) is 6.92 Å². The largest absolute Gasteiger partial charge is 0.375 e. The van der Waals surface area contributed by atoms with Gasteiger partial charge in [-0.3, -0.25) is 4.79 Å². The number of nitrogens with zero attached hydrogens (tertiary/aromatic N) is 1. The van der Waals surface area contributed by atoms with Crippen molar-refractivity contribution in [2.45, 2.75) is 26.4 Å². The first kappa shape index (κ1) is 16.8. The molecule has 1 aliphatic heterocycles. The van der Waals surface area contributed by atoms with Crippen LogP contribution in [0.1, 0.15) is 18.9 Å². The van der Waals surface area contributed by atoms with E-state index in [4.69, 9.17) is 4.74 Å². The fourth-order valence-electron chi connectivity index (χ4n) is 2.65. The lowest BCUT2D eigenvalue weighted by Crippen LogP contribution is -2.42. The fraction of sp³-hybridized carbons (Fsp3) is 0.588. The van der Waals surface area contributed by atoms with Gasteiger partial charge < -0.3 is 20.3 Å². The maximum absolute atomic E-state index is 11.9. The Labute approximate surface area is 133 Å². The molecule has 1 fully saturated rings. The summed E-state index contributed by atoms with van der Waals surface area (Å²) in [7, 11) is 0. The normalized spacial score (nSPS) is 18.0. The van der Waals surface area contributed by atoms with Gasteiger partial charge in [0.15, 0.2) is 0 Å². The molecule has 122 valence electrons. The molecule has 0 radical (unpaired) electrons. The van der Waals surface area contributed by atoms with Crippen LogP contribution >= 0.6 is 0 Å². The Kier molecular flexibility index (Phi) is 6.68. The topological polar surface area (TPSA) is 53.6 Å². The number of carbonyl (C=O) groups is 1. The van der Waals surface area contributed by atoms with E-state index in [2.05, 4.69) is 53.6 Å². The number of amides is 1. The molecule has 0 unspecified atom stereocenters. The van der Waals surface area contributed by atoms with E-state index in [1.165, 1.54) is 11.3 Å². The first-order valence-corrected chi connectivity index (χ1v) is 8.09. The van der Waals surface area contributed by atoms with Gasteiger partial charge in [0.1, 0.15) is 0 Å². The third-order valence-electron chi connectivity index (χ3n) is 3.87. The highest BCUT2D eigenvalue weighted by molar-refractivity contribution is 5.76. The third kappa shape index (κ3) is 5.31. The van der Waals surface area contributed by atoms with Gasteiger partial charge in [0, 0.05) is 38.4 Å². The molecule has 1 aromatic rings. The van der Waals surface area contributed by atoms with Gasteiger partial charge in [-0.05, 0) is 31.5 Å². The first-order valence-electron chi connectivity index (χ1n) is 8.09. The smallest absolute Gasteiger partial charge is 0.222 e. The van der Waals surface area contributed by atoms with Gasteiger partial charge in [0.05, 0.1) is 19.1 Å². The van der Waals surface area contributed by atoms with Crippen LogP contribution in [0.2, 0.25) is 0 Å². The number of rotatable bonds is 7. The summed E-state index contributed by atoms with van der Waals surface area (Å²) in [6, 6.07) is 8.45. The Morgan fingerprint density at radius 3 is 3.05 bits per heavy atom. The number of benzene rings is 1. The molecule has 2 rings (SSSR count). The second-order valence-electron chi connectivity index (χ2n) is 5.67. The van der Waals surface area contributed by atoms with Crippen molar-refractivity contribution in [3.63, 3.8) is 0 Å². The summed E-state index contributed by atoms with van der Waals surface area (Å²) >= 11 is 0. The molecule has 0 spiro atoms. The van der Waals surface area contributed by atoms with Gasteiger partial charge in [-0.15, -0.1) is 0 Å². The predicted molar refractivity (Wildman–Crippen MR) is 89.3 cm³/mol. The minimum atomic E-state index is 0.00722. The van der Waals surface area contributed by atoms with E-state index in [-0.39, 0.29) is 12.0 Å². The number of nitrogens with one attached hydrogen (secondary N) is 2. The van der Waals surface area contributed by atoms with Crippen LogP contribution in [-0.4, -0.2) is 51.3 Å². The number of ether oxygens (including phenoxy) is 1. The van der Waals surface area contributed by atoms with Gasteiger partial charge in [0.25, 0.3) is 0 Å². The molecule has 1 saturated heterocycles. The minimum absolute atomic E-state index is 0.00722. The summed E-state index contributed by atoms with van der Waals surface area (Å²) in [5.74, 6) is 0.0639. The van der Waals surface area contributed by atoms with Crippen LogP contribution in [0.5, 0.6) is 0 Å². The summed E-state index contributed by atoms with van der Waals surface area (Å²) in [5, 5.41) is 6.23. The van der Waals surface area contributed by atoms with E-state index < -0.39 is 0 Å². The van der Waals surface area contributed by atoms with Gasteiger partial charge in [-0.1, -0.05) is 12.1 Å². The van der Waals surface area contributed by atoms with Gasteiger partial charge in [-0.25, -0.2) is 0 Å². The number of aryl methyl sites for hydroxylation is 1. The standard InChI is InChI=1S/C17H27N3O2/c1-3-20(15-6-4-5-14(2)11-15)9-7-19-17(21)12-16-13-18-8-10-22-16/h4-6,11,16,18H,3,7-10,12-13H2,1-2H3,(H,19,21)/t16-/m0/s1. The van der Waals surface area contributed by atoms with Crippen molar-refractivity contribution < 1.29 is 9.53 Å². The zero-order valence-electron chi connectivity index (χ0n) is 13.6. The molecule has 1 aromatic carbocycles. The van der Waals surface area contributed by atoms with Crippen molar-refractivity contribution in [3.05, 3.63) is 29.8 Å². The molecule has 0 aliphatic carbocycles. The Bertz CT molecular complexity index is 473. The fourth-order valence-corrected chi connectivity index (χ4v) is 2.65. The number of morpholine rings is 1. The number of hydrogen-bond acceptors (Lipinski definition) is 4. The average Bonchev–Trinajstić information content (AvgIpc) is 2.52. The summed E-state index contributed by atoms with van der Waals surface area (Å²) in [6.07, 6.45) is 0.441. The highest BCUT2D eigenvalue weighted by Crippen LogP contribution is 2.15. The van der Waals surface area contributed by atoms with Crippen LogP contribution in [0.25, 0.3) is 0 Å². The van der Waals surface area contributed by atoms with Crippen LogP contribution < -0.4 is 15.5 Å². The Morgan fingerprint density at radius 1 is 1.50 bits per heavy atom. The zero-order valence-corrected chi connectivity index (χ0v) is 13.6. The van der Waals surface area contributed by atoms with Crippen molar-refractivity contribution in [3.8, 4) is 0 Å². The van der Waals surface area contributed by atoms with E-state index in [1.54, 1.807) is 0 Å². The van der Waals surface area contributed by atoms with E-state index >= 15 is 0 Å². The lowest BCUT2D eigenvalue weighted by Gasteiger charge is -2.25. The summed E-state index contributed by atoms with van der Waals surface area (Å²) in [4.78, 5) is 14.2. The van der Waals surface area contributed by atoms with Crippen molar-refractivity contribution in [2.75, 3.05) is 44.2 Å². The quantitative estimate of drug-likeness (QED) is 0.798. The molecule has 1 aliphatic rings. The van der Waals surface area contributed by atoms with E-state index in [0.717, 1.165) is 26.2 Å². The number of anilines is 1. The van der Waals surface area contributed by atoms with Crippen LogP contribution in [0.4, 0.5) is 5.69 Å². The van der Waals surface area contributed by atoms with E-state index in [0.29, 0.717) is 19.6 Å². The summed E-state index contributed by atoms with van der Waals surface area (Å²) < 4.78 is 5.55. The summed E-state index contributed by atoms with van der Waals surface area (Å²) in [6.45, 7) is 8.95. The number of carbonyl (C=O) groups excluding carboxylic acids is 1. The average molecular weight is 305 g/mol. The molecule has 2 N–H and O–H groups in total. The molecule has 0 saturated carbocycles. The highest BCUT2D eigenvalue weighted by Gasteiger charge is 2.17. The monoisotopic (exact) mass is 305 g/mol. The SMILES string of the molecule is CCN(CCNC(=O)C[C@H]1CNCCO1)c1cccc(C)c1. The van der Waals surface area contributed by atoms with Crippen LogP contribution in [-0.2, 0) is 9.53 Å². The molecular weight excluding hydrogens is 278 g/mol. The van der Waals surface area contributed by atoms with Crippen LogP contribution in [0.3, 0.4) is 0 Å². The zero-order chi connectivity index (χ0) is 15.8. The molecule has 5 nitrogen and oxygen atoms in total. The van der Waals surface area contributed by atoms with Gasteiger partial charge in [-0.2, -0.15) is 0 Å². The van der Waals surface area contributed by atoms with Crippen molar-refractivity contribution in [2.24, 2.45) is 0 Å². The summed E-state index contributed by atoms with van der Waals surface area (Å²) in [5.41, 5.74) is 2.46. The molecule has 0 aromatic heterocycles. The first-order chi connectivity index (χ1) is 10.7. The van der Waals surface area contributed by atoms with Crippen molar-refractivity contribution in [1.29, 1.82) is 0 Å². The Hall–Kier alpha value is -1.59. The molecule has 5 heteroatoms. The van der Waals surface area contributed by atoms with E-state index in [1.807, 2.05) is 0 Å². The number of hydrogen-bond donors (Lipinski definition) is 2. The minimum Gasteiger partial charge on any atom is -0.375 e. The van der Waals surface area contributed by atoms with Gasteiger partial charge >= 0.3 is 0 Å². The van der Waals surface area contributed by atoms with E-state index in [9.17, 15) is 4.79 Å². The second-order valence-corrected chi connectivity index (χ2v) is 5.67. The molecule has 22 heavy (non-hydrogen) atoms. The highest BCUT2D eigenvalue weighted by atomic mass is 16.5. The second kappa shape index (κ2) is 8.76. The lowest BCUT2D eigenvalue weighted by molar-refractivity contribution is -0.124. The molecular formula is C17H27N3O2. The third-order valence-corrected chi connectivity index (χ3v) is 3.87. The predicted octanol–water partition coefficient (Wildman–Crippen LogP) is 1.32. The van der Waals surface area contributed by atoms with Crippen molar-refractivity contribution in [1.82, 2.24) is 10.6 Å². The van der Waals surface area contributed by atoms with Crippen molar-refractivity contribution >= 4 is 11.6 Å². The molecule has 1 heterocycles. The maximum atomic E-state index is 11.9. The van der Waals surface area contributed by atoms with Crippen LogP contribution in [0.15, 0.2) is 24.3 Å². The molecule has 1 atom stereocenters. The van der Waals surface area contributed by atoms with Gasteiger partial charge in [0.2, 0.25) is 5.91 Å². The maximum Gasteiger partial charge on any atom is 0.222 e.